The van der Waals surface area contributed by atoms with Crippen LogP contribution < -0.4 is 10.6 Å². The summed E-state index contributed by atoms with van der Waals surface area (Å²) in [6, 6.07) is 17.3. The lowest BCUT2D eigenvalue weighted by molar-refractivity contribution is 0.101. The highest BCUT2D eigenvalue weighted by atomic mass is 32.1. The number of nitrogens with zero attached hydrogens (tertiary/aromatic N) is 2. The molecule has 2 aromatic carbocycles. The number of benzene rings is 2. The lowest BCUT2D eigenvalue weighted by Crippen LogP contribution is -2.19. The second-order valence-corrected chi connectivity index (χ2v) is 6.45. The van der Waals surface area contributed by atoms with Crippen molar-refractivity contribution in [2.24, 2.45) is 0 Å². The summed E-state index contributed by atoms with van der Waals surface area (Å²) in [5, 5.41) is 11.1. The van der Waals surface area contributed by atoms with Crippen molar-refractivity contribution in [1.29, 1.82) is 0 Å². The first-order valence-corrected chi connectivity index (χ1v) is 8.69. The van der Waals surface area contributed by atoms with Crippen LogP contribution >= 0.6 is 12.2 Å². The van der Waals surface area contributed by atoms with Crippen molar-refractivity contribution < 1.29 is 4.79 Å². The van der Waals surface area contributed by atoms with Crippen molar-refractivity contribution in [3.8, 4) is 0 Å². The molecule has 26 heavy (non-hydrogen) atoms. The standard InChI is InChI=1S/C20H20N4OS/c1-14-6-3-4-7-17(14)13-24-11-10-19(23-24)22-20(26)21-18-9-5-8-16(12-18)15(2)25/h3-12H,13H2,1-2H3,(H2,21,22,23,26). The van der Waals surface area contributed by atoms with E-state index in [0.29, 0.717) is 23.0 Å². The summed E-state index contributed by atoms with van der Waals surface area (Å²) in [5.41, 5.74) is 3.86. The van der Waals surface area contributed by atoms with E-state index in [1.165, 1.54) is 18.1 Å². The van der Waals surface area contributed by atoms with E-state index in [4.69, 9.17) is 12.2 Å². The Labute approximate surface area is 158 Å². The first-order valence-electron chi connectivity index (χ1n) is 8.28. The van der Waals surface area contributed by atoms with Gasteiger partial charge in [-0.1, -0.05) is 36.4 Å². The molecule has 0 radical (unpaired) electrons. The molecular formula is C20H20N4OS. The molecule has 132 valence electrons. The summed E-state index contributed by atoms with van der Waals surface area (Å²) in [6.07, 6.45) is 1.91. The SMILES string of the molecule is CC(=O)c1cccc(NC(=S)Nc2ccn(Cc3ccccc3C)n2)c1. The van der Waals surface area contributed by atoms with Crippen LogP contribution in [0.4, 0.5) is 11.5 Å². The second kappa shape index (κ2) is 7.93. The largest absolute Gasteiger partial charge is 0.332 e. The van der Waals surface area contributed by atoms with Crippen LogP contribution in [0, 0.1) is 6.92 Å². The van der Waals surface area contributed by atoms with E-state index < -0.39 is 0 Å². The first kappa shape index (κ1) is 17.8. The van der Waals surface area contributed by atoms with Crippen molar-refractivity contribution in [2.45, 2.75) is 20.4 Å². The number of hydrogen-bond acceptors (Lipinski definition) is 3. The van der Waals surface area contributed by atoms with Crippen LogP contribution in [0.2, 0.25) is 0 Å². The Morgan fingerprint density at radius 2 is 1.92 bits per heavy atom. The van der Waals surface area contributed by atoms with Crippen molar-refractivity contribution in [3.05, 3.63) is 77.5 Å². The molecule has 5 nitrogen and oxygen atoms in total. The topological polar surface area (TPSA) is 59.0 Å². The van der Waals surface area contributed by atoms with Gasteiger partial charge in [0.1, 0.15) is 0 Å². The van der Waals surface area contributed by atoms with Gasteiger partial charge in [0, 0.05) is 23.5 Å². The number of carbonyl (C=O) groups is 1. The zero-order chi connectivity index (χ0) is 18.5. The number of Topliss-reactive ketones (excluding diaryl/α,β-unsaturated/α-hetero) is 1. The summed E-state index contributed by atoms with van der Waals surface area (Å²) in [5.74, 6) is 0.682. The zero-order valence-corrected chi connectivity index (χ0v) is 15.5. The Balaban J connectivity index is 1.62. The van der Waals surface area contributed by atoms with Crippen LogP contribution in [0.15, 0.2) is 60.8 Å². The number of aromatic nitrogens is 2. The molecule has 3 rings (SSSR count). The Morgan fingerprint density at radius 1 is 1.12 bits per heavy atom. The van der Waals surface area contributed by atoms with Crippen LogP contribution in [-0.2, 0) is 6.54 Å². The lowest BCUT2D eigenvalue weighted by Gasteiger charge is -2.09. The average molecular weight is 364 g/mol. The minimum absolute atomic E-state index is 0.0162. The van der Waals surface area contributed by atoms with Crippen molar-refractivity contribution >= 4 is 34.6 Å². The number of aryl methyl sites for hydroxylation is 1. The molecule has 0 unspecified atom stereocenters. The highest BCUT2D eigenvalue weighted by Gasteiger charge is 2.05. The van der Waals surface area contributed by atoms with E-state index >= 15 is 0 Å². The van der Waals surface area contributed by atoms with Crippen LogP contribution in [0.5, 0.6) is 0 Å². The fourth-order valence-electron chi connectivity index (χ4n) is 2.57. The van der Waals surface area contributed by atoms with Crippen molar-refractivity contribution in [3.63, 3.8) is 0 Å². The molecule has 0 aliphatic carbocycles. The van der Waals surface area contributed by atoms with Gasteiger partial charge >= 0.3 is 0 Å². The third-order valence-electron chi connectivity index (χ3n) is 4.00. The van der Waals surface area contributed by atoms with Crippen molar-refractivity contribution in [1.82, 2.24) is 9.78 Å². The summed E-state index contributed by atoms with van der Waals surface area (Å²) in [6.45, 7) is 4.33. The third-order valence-corrected chi connectivity index (χ3v) is 4.21. The molecule has 0 aliphatic heterocycles. The maximum absolute atomic E-state index is 11.5. The van der Waals surface area contributed by atoms with Gasteiger partial charge in [0.25, 0.3) is 0 Å². The summed E-state index contributed by atoms with van der Waals surface area (Å²) in [7, 11) is 0. The minimum atomic E-state index is 0.0162. The van der Waals surface area contributed by atoms with Gasteiger partial charge < -0.3 is 10.6 Å². The maximum Gasteiger partial charge on any atom is 0.176 e. The van der Waals surface area contributed by atoms with Gasteiger partial charge in [-0.25, -0.2) is 0 Å². The Morgan fingerprint density at radius 3 is 2.69 bits per heavy atom. The number of thiocarbonyl (C=S) groups is 1. The van der Waals surface area contributed by atoms with Gasteiger partial charge in [-0.15, -0.1) is 0 Å². The summed E-state index contributed by atoms with van der Waals surface area (Å²) < 4.78 is 1.86. The van der Waals surface area contributed by atoms with Gasteiger partial charge in [0.15, 0.2) is 16.7 Å². The highest BCUT2D eigenvalue weighted by Crippen LogP contribution is 2.13. The fourth-order valence-corrected chi connectivity index (χ4v) is 2.80. The highest BCUT2D eigenvalue weighted by molar-refractivity contribution is 7.80. The molecule has 0 fully saturated rings. The molecule has 1 heterocycles. The van der Waals surface area contributed by atoms with Gasteiger partial charge in [-0.2, -0.15) is 5.10 Å². The number of ketones is 1. The number of carbonyl (C=O) groups excluding carboxylic acids is 1. The van der Waals surface area contributed by atoms with Gasteiger partial charge in [0.2, 0.25) is 0 Å². The molecule has 0 aliphatic rings. The number of nitrogens with one attached hydrogen (secondary N) is 2. The first-order chi connectivity index (χ1) is 12.5. The molecule has 1 aromatic heterocycles. The predicted molar refractivity (Wildman–Crippen MR) is 109 cm³/mol. The molecule has 2 N–H and O–H groups in total. The molecule has 0 spiro atoms. The van der Waals surface area contributed by atoms with E-state index in [9.17, 15) is 4.79 Å². The average Bonchev–Trinajstić information content (AvgIpc) is 3.04. The fraction of sp³-hybridized carbons (Fsp3) is 0.150. The molecule has 0 amide bonds. The van der Waals surface area contributed by atoms with Crippen molar-refractivity contribution in [2.75, 3.05) is 10.6 Å². The minimum Gasteiger partial charge on any atom is -0.332 e. The molecule has 6 heteroatoms. The number of hydrogen-bond donors (Lipinski definition) is 2. The molecule has 3 aromatic rings. The van der Waals surface area contributed by atoms with Gasteiger partial charge in [-0.3, -0.25) is 9.48 Å². The quantitative estimate of drug-likeness (QED) is 0.523. The Bertz CT molecular complexity index is 948. The lowest BCUT2D eigenvalue weighted by atomic mass is 10.1. The van der Waals surface area contributed by atoms with E-state index in [0.717, 1.165) is 5.69 Å². The normalized spacial score (nSPS) is 10.4. The Kier molecular flexibility index (Phi) is 5.43. The van der Waals surface area contributed by atoms with E-state index in [-0.39, 0.29) is 5.78 Å². The Hall–Kier alpha value is -2.99. The van der Waals surface area contributed by atoms with Gasteiger partial charge in [-0.05, 0) is 49.3 Å². The molecule has 0 bridgehead atoms. The van der Waals surface area contributed by atoms with E-state index in [1.807, 2.05) is 41.2 Å². The maximum atomic E-state index is 11.5. The second-order valence-electron chi connectivity index (χ2n) is 6.04. The zero-order valence-electron chi connectivity index (χ0n) is 14.7. The van der Waals surface area contributed by atoms with Crippen LogP contribution in [0.25, 0.3) is 0 Å². The summed E-state index contributed by atoms with van der Waals surface area (Å²) in [4.78, 5) is 11.5. The van der Waals surface area contributed by atoms with Gasteiger partial charge in [0.05, 0.1) is 6.54 Å². The third kappa shape index (κ3) is 4.55. The molecule has 0 saturated carbocycles. The van der Waals surface area contributed by atoms with Crippen LogP contribution in [0.1, 0.15) is 28.4 Å². The smallest absolute Gasteiger partial charge is 0.176 e. The van der Waals surface area contributed by atoms with Crippen LogP contribution in [0.3, 0.4) is 0 Å². The molecule has 0 atom stereocenters. The number of anilines is 2. The monoisotopic (exact) mass is 364 g/mol. The molecular weight excluding hydrogens is 344 g/mol. The number of rotatable bonds is 5. The molecule has 0 saturated heterocycles. The van der Waals surface area contributed by atoms with Crippen LogP contribution in [-0.4, -0.2) is 20.7 Å². The van der Waals surface area contributed by atoms with E-state index in [2.05, 4.69) is 34.8 Å². The summed E-state index contributed by atoms with van der Waals surface area (Å²) >= 11 is 5.33. The van der Waals surface area contributed by atoms with E-state index in [1.54, 1.807) is 12.1 Å². The predicted octanol–water partition coefficient (Wildman–Crippen LogP) is 4.25.